The number of benzene rings is 1. The van der Waals surface area contributed by atoms with Crippen molar-refractivity contribution in [1.82, 2.24) is 15.1 Å². The number of halogens is 1. The molecule has 0 bridgehead atoms. The van der Waals surface area contributed by atoms with Crippen molar-refractivity contribution in [3.05, 3.63) is 63.8 Å². The van der Waals surface area contributed by atoms with Crippen molar-refractivity contribution in [2.24, 2.45) is 5.92 Å². The number of nitrogens with zero attached hydrogens (tertiary/aromatic N) is 2. The van der Waals surface area contributed by atoms with E-state index in [2.05, 4.69) is 39.5 Å². The Morgan fingerprint density at radius 3 is 2.74 bits per heavy atom. The first kappa shape index (κ1) is 24.1. The molecule has 5 unspecified atom stereocenters. The predicted molar refractivity (Wildman–Crippen MR) is 140 cm³/mol. The van der Waals surface area contributed by atoms with Crippen LogP contribution in [0.4, 0.5) is 0 Å². The Labute approximate surface area is 218 Å². The number of thiocarbonyl (C=S) groups is 1. The molecule has 3 heterocycles. The Morgan fingerprint density at radius 1 is 1.31 bits per heavy atom. The number of carbonyl (C=O) groups excluding carboxylic acids is 2. The summed E-state index contributed by atoms with van der Waals surface area (Å²) in [5.74, 6) is 0.540. The van der Waals surface area contributed by atoms with Gasteiger partial charge in [0, 0.05) is 28.6 Å². The van der Waals surface area contributed by atoms with Gasteiger partial charge in [0.2, 0.25) is 0 Å². The van der Waals surface area contributed by atoms with Gasteiger partial charge in [-0.15, -0.1) is 0 Å². The number of fused-ring (bicyclic) bond motifs is 3. The van der Waals surface area contributed by atoms with E-state index in [0.717, 1.165) is 21.5 Å². The largest absolute Gasteiger partial charge is 0.497 e. The zero-order chi connectivity index (χ0) is 24.9. The zero-order valence-corrected chi connectivity index (χ0v) is 22.3. The number of carbonyl (C=O) groups is 2. The predicted octanol–water partition coefficient (Wildman–Crippen LogP) is 3.97. The molecule has 1 aromatic rings. The number of methoxy groups -OCH3 is 1. The summed E-state index contributed by atoms with van der Waals surface area (Å²) in [5, 5.41) is 4.18. The molecule has 1 aromatic carbocycles. The van der Waals surface area contributed by atoms with E-state index in [1.807, 2.05) is 36.1 Å². The molecule has 0 spiro atoms. The number of ether oxygens (including phenoxy) is 2. The normalized spacial score (nSPS) is 27.7. The van der Waals surface area contributed by atoms with Gasteiger partial charge in [-0.05, 0) is 49.3 Å². The second kappa shape index (κ2) is 9.43. The fourth-order valence-electron chi connectivity index (χ4n) is 5.58. The van der Waals surface area contributed by atoms with Crippen molar-refractivity contribution in [2.45, 2.75) is 50.9 Å². The highest BCUT2D eigenvalue weighted by Crippen LogP contribution is 2.49. The van der Waals surface area contributed by atoms with Crippen molar-refractivity contribution < 1.29 is 19.1 Å². The molecular formula is C26H28BrN3O4S. The van der Waals surface area contributed by atoms with Gasteiger partial charge in [-0.1, -0.05) is 46.3 Å². The minimum absolute atomic E-state index is 0.0605. The highest BCUT2D eigenvalue weighted by Gasteiger charge is 2.54. The van der Waals surface area contributed by atoms with Crippen LogP contribution in [0.25, 0.3) is 0 Å². The Kier molecular flexibility index (Phi) is 6.48. The minimum Gasteiger partial charge on any atom is -0.497 e. The van der Waals surface area contributed by atoms with Crippen LogP contribution in [0.15, 0.2) is 58.2 Å². The summed E-state index contributed by atoms with van der Waals surface area (Å²) < 4.78 is 11.5. The number of amides is 1. The van der Waals surface area contributed by atoms with E-state index in [9.17, 15) is 9.59 Å². The lowest BCUT2D eigenvalue weighted by Crippen LogP contribution is -2.44. The van der Waals surface area contributed by atoms with E-state index in [-0.39, 0.29) is 36.3 Å². The average Bonchev–Trinajstić information content (AvgIpc) is 3.32. The molecule has 1 aliphatic carbocycles. The van der Waals surface area contributed by atoms with Gasteiger partial charge >= 0.3 is 5.97 Å². The van der Waals surface area contributed by atoms with Gasteiger partial charge in [-0.3, -0.25) is 14.5 Å². The maximum Gasteiger partial charge on any atom is 0.307 e. The van der Waals surface area contributed by atoms with Crippen molar-refractivity contribution in [3.8, 4) is 5.75 Å². The maximum atomic E-state index is 13.8. The lowest BCUT2D eigenvalue weighted by molar-refractivity contribution is -0.144. The number of hydrogen-bond donors (Lipinski definition) is 1. The number of allylic oxidation sites excluding steroid dienone is 2. The fraction of sp³-hybridized carbons (Fsp3) is 0.423. The van der Waals surface area contributed by atoms with E-state index in [1.54, 1.807) is 18.9 Å². The Bertz CT molecular complexity index is 1160. The molecule has 1 saturated heterocycles. The van der Waals surface area contributed by atoms with Crippen LogP contribution in [0.2, 0.25) is 0 Å². The topological polar surface area (TPSA) is 71.1 Å². The summed E-state index contributed by atoms with van der Waals surface area (Å²) >= 11 is 9.53. The fourth-order valence-corrected chi connectivity index (χ4v) is 6.52. The maximum absolute atomic E-state index is 13.8. The van der Waals surface area contributed by atoms with Crippen LogP contribution in [0, 0.1) is 5.92 Å². The molecular weight excluding hydrogens is 530 g/mol. The monoisotopic (exact) mass is 557 g/mol. The van der Waals surface area contributed by atoms with Crippen LogP contribution < -0.4 is 10.1 Å². The summed E-state index contributed by atoms with van der Waals surface area (Å²) in [6, 6.07) is 7.01. The van der Waals surface area contributed by atoms with Gasteiger partial charge in [0.15, 0.2) is 5.11 Å². The van der Waals surface area contributed by atoms with E-state index in [4.69, 9.17) is 21.7 Å². The molecule has 9 heteroatoms. The number of esters is 1. The molecule has 35 heavy (non-hydrogen) atoms. The molecule has 5 atom stereocenters. The molecule has 0 aromatic heterocycles. The quantitative estimate of drug-likeness (QED) is 0.419. The van der Waals surface area contributed by atoms with Gasteiger partial charge in [0.05, 0.1) is 32.2 Å². The molecule has 1 N–H and O–H groups in total. The first-order chi connectivity index (χ1) is 16.8. The highest BCUT2D eigenvalue weighted by molar-refractivity contribution is 9.11. The van der Waals surface area contributed by atoms with Crippen LogP contribution in [-0.2, 0) is 14.3 Å². The van der Waals surface area contributed by atoms with E-state index in [1.165, 1.54) is 5.57 Å². The Balaban J connectivity index is 1.54. The van der Waals surface area contributed by atoms with Crippen molar-refractivity contribution in [2.75, 3.05) is 13.7 Å². The smallest absolute Gasteiger partial charge is 0.307 e. The summed E-state index contributed by atoms with van der Waals surface area (Å²) in [6.07, 6.45) is 7.12. The second-order valence-electron chi connectivity index (χ2n) is 9.20. The summed E-state index contributed by atoms with van der Waals surface area (Å²) in [7, 11) is 1.64. The number of hydrogen-bond acceptors (Lipinski definition) is 6. The minimum atomic E-state index is -0.420. The van der Waals surface area contributed by atoms with E-state index in [0.29, 0.717) is 18.1 Å². The highest BCUT2D eigenvalue weighted by atomic mass is 79.9. The third kappa shape index (κ3) is 4.08. The van der Waals surface area contributed by atoms with Crippen molar-refractivity contribution >= 4 is 45.1 Å². The summed E-state index contributed by atoms with van der Waals surface area (Å²) in [5.41, 5.74) is 3.35. The number of nitrogens with one attached hydrogen (secondary N) is 1. The molecule has 4 aliphatic rings. The third-order valence-corrected chi connectivity index (χ3v) is 8.08. The van der Waals surface area contributed by atoms with Crippen LogP contribution in [-0.4, -0.2) is 58.6 Å². The van der Waals surface area contributed by atoms with Crippen LogP contribution >= 0.6 is 28.1 Å². The summed E-state index contributed by atoms with van der Waals surface area (Å²) in [6.45, 7) is 3.93. The van der Waals surface area contributed by atoms with Gasteiger partial charge in [0.25, 0.3) is 5.91 Å². The molecule has 0 radical (unpaired) electrons. The Morgan fingerprint density at radius 2 is 2.06 bits per heavy atom. The second-order valence-corrected chi connectivity index (χ2v) is 10.5. The first-order valence-electron chi connectivity index (χ1n) is 11.8. The lowest BCUT2D eigenvalue weighted by atomic mass is 9.82. The van der Waals surface area contributed by atoms with Crippen molar-refractivity contribution in [1.29, 1.82) is 0 Å². The van der Waals surface area contributed by atoms with Gasteiger partial charge in [-0.25, -0.2) is 0 Å². The van der Waals surface area contributed by atoms with Crippen molar-refractivity contribution in [3.63, 3.8) is 0 Å². The molecule has 7 nitrogen and oxygen atoms in total. The average molecular weight is 558 g/mol. The standard InChI is InChI=1S/C26H28BrN3O4S/c1-4-34-22(31)11-14(2)29-25(32)21-13-19-18-12-16(27)7-10-20(18)28-23(19)24(30(21)26(29)35)15-5-8-17(33-3)9-6-15/h5-10,12,14,18,20-21,24,28H,4,11,13H2,1-3H3. The lowest BCUT2D eigenvalue weighted by Gasteiger charge is -2.39. The molecule has 1 amide bonds. The molecule has 5 rings (SSSR count). The third-order valence-electron chi connectivity index (χ3n) is 7.15. The van der Waals surface area contributed by atoms with Gasteiger partial charge < -0.3 is 19.7 Å². The van der Waals surface area contributed by atoms with Crippen LogP contribution in [0.5, 0.6) is 5.75 Å². The Hall–Kier alpha value is -2.65. The molecule has 1 fully saturated rings. The number of rotatable bonds is 6. The van der Waals surface area contributed by atoms with Crippen LogP contribution in [0.1, 0.15) is 38.3 Å². The molecule has 0 saturated carbocycles. The first-order valence-corrected chi connectivity index (χ1v) is 13.0. The zero-order valence-electron chi connectivity index (χ0n) is 19.9. The molecule has 184 valence electrons. The van der Waals surface area contributed by atoms with Gasteiger partial charge in [0.1, 0.15) is 11.8 Å². The van der Waals surface area contributed by atoms with Gasteiger partial charge in [-0.2, -0.15) is 0 Å². The van der Waals surface area contributed by atoms with E-state index < -0.39 is 12.1 Å². The summed E-state index contributed by atoms with van der Waals surface area (Å²) in [4.78, 5) is 29.6. The van der Waals surface area contributed by atoms with Crippen LogP contribution in [0.3, 0.4) is 0 Å². The SMILES string of the molecule is CCOC(=O)CC(C)N1C(=O)C2CC3=C(NC4C=CC(Br)=CC34)C(c3ccc(OC)cc3)N2C1=S. The molecule has 3 aliphatic heterocycles. The van der Waals surface area contributed by atoms with E-state index >= 15 is 0 Å².